The molecule has 14 heavy (non-hydrogen) atoms. The second-order valence-corrected chi connectivity index (χ2v) is 3.00. The molecule has 0 radical (unpaired) electrons. The van der Waals surface area contributed by atoms with Crippen LogP contribution in [0.4, 0.5) is 13.2 Å². The van der Waals surface area contributed by atoms with E-state index in [1.165, 1.54) is 0 Å². The van der Waals surface area contributed by atoms with Crippen molar-refractivity contribution in [3.63, 3.8) is 0 Å². The smallest absolute Gasteiger partial charge is 0.406 e. The van der Waals surface area contributed by atoms with Crippen molar-refractivity contribution in [2.45, 2.75) is 26.1 Å². The third-order valence-corrected chi connectivity index (χ3v) is 1.47. The molecule has 0 aromatic heterocycles. The molecule has 0 bridgehead atoms. The molecule has 1 rings (SSSR count). The summed E-state index contributed by atoms with van der Waals surface area (Å²) >= 11 is 0. The topological polar surface area (TPSA) is 9.23 Å². The number of ether oxygens (including phenoxy) is 1. The van der Waals surface area contributed by atoms with Crippen molar-refractivity contribution in [2.75, 3.05) is 0 Å². The van der Waals surface area contributed by atoms with Crippen LogP contribution in [-0.2, 0) is 0 Å². The maximum absolute atomic E-state index is 12.1. The quantitative estimate of drug-likeness (QED) is 0.718. The lowest BCUT2D eigenvalue weighted by molar-refractivity contribution is -0.274. The maximum atomic E-state index is 12.1. The molecule has 0 spiro atoms. The lowest BCUT2D eigenvalue weighted by Gasteiger charge is -2.11. The van der Waals surface area contributed by atoms with Gasteiger partial charge in [-0.3, -0.25) is 0 Å². The molecule has 1 aromatic carbocycles. The van der Waals surface area contributed by atoms with Crippen LogP contribution in [0.25, 0.3) is 0 Å². The van der Waals surface area contributed by atoms with E-state index < -0.39 is 24.2 Å². The number of alkyl halides is 3. The molecule has 0 amide bonds. The fourth-order valence-electron chi connectivity index (χ4n) is 0.856. The van der Waals surface area contributed by atoms with E-state index in [1.807, 2.05) is 0 Å². The Kier molecular flexibility index (Phi) is 1.99. The fourth-order valence-corrected chi connectivity index (χ4v) is 0.856. The van der Waals surface area contributed by atoms with E-state index in [-0.39, 0.29) is 17.5 Å². The molecule has 0 N–H and O–H groups in total. The van der Waals surface area contributed by atoms with E-state index in [0.717, 1.165) is 6.07 Å². The summed E-state index contributed by atoms with van der Waals surface area (Å²) < 4.78 is 62.4. The van der Waals surface area contributed by atoms with E-state index in [0.29, 0.717) is 0 Å². The average Bonchev–Trinajstić information content (AvgIpc) is 2.09. The van der Waals surface area contributed by atoms with Gasteiger partial charge in [0.05, 0.1) is 4.11 Å². The molecular weight excluding hydrogens is 193 g/mol. The Morgan fingerprint density at radius 3 is 2.50 bits per heavy atom. The highest BCUT2D eigenvalue weighted by Crippen LogP contribution is 2.25. The van der Waals surface area contributed by atoms with Crippen LogP contribution in [0.2, 0.25) is 0 Å². The van der Waals surface area contributed by atoms with Crippen molar-refractivity contribution in [3.05, 3.63) is 29.8 Å². The Labute approximate surface area is 84.7 Å². The van der Waals surface area contributed by atoms with Crippen LogP contribution in [0.3, 0.4) is 0 Å². The van der Waals surface area contributed by atoms with Crippen LogP contribution in [-0.4, -0.2) is 6.36 Å². The monoisotopic (exact) mass is 207 g/mol. The largest absolute Gasteiger partial charge is 0.573 e. The molecule has 0 atom stereocenters. The van der Waals surface area contributed by atoms with Crippen molar-refractivity contribution in [3.8, 4) is 5.75 Å². The number of hydrogen-bond donors (Lipinski definition) is 0. The van der Waals surface area contributed by atoms with Gasteiger partial charge in [0.25, 0.3) is 0 Å². The first-order valence-corrected chi connectivity index (χ1v) is 4.00. The molecule has 1 nitrogen and oxygen atoms in total. The molecule has 0 aliphatic rings. The highest BCUT2D eigenvalue weighted by Gasteiger charge is 2.31. The van der Waals surface area contributed by atoms with Crippen molar-refractivity contribution in [1.82, 2.24) is 0 Å². The minimum absolute atomic E-state index is 0.121. The maximum Gasteiger partial charge on any atom is 0.573 e. The lowest BCUT2D eigenvalue weighted by Crippen LogP contribution is -2.17. The van der Waals surface area contributed by atoms with Gasteiger partial charge in [0.1, 0.15) is 5.75 Å². The Morgan fingerprint density at radius 2 is 2.00 bits per heavy atom. The highest BCUT2D eigenvalue weighted by molar-refractivity contribution is 5.30. The van der Waals surface area contributed by atoms with Gasteiger partial charge in [0.2, 0.25) is 0 Å². The highest BCUT2D eigenvalue weighted by atomic mass is 19.4. The van der Waals surface area contributed by atoms with Gasteiger partial charge in [0.15, 0.2) is 0 Å². The third-order valence-electron chi connectivity index (χ3n) is 1.47. The van der Waals surface area contributed by atoms with E-state index in [2.05, 4.69) is 4.74 Å². The molecule has 0 aliphatic heterocycles. The summed E-state index contributed by atoms with van der Waals surface area (Å²) in [5.41, 5.74) is 0.139. The second-order valence-electron chi connectivity index (χ2n) is 3.00. The van der Waals surface area contributed by atoms with Gasteiger partial charge < -0.3 is 4.74 Å². The number of rotatable bonds is 2. The standard InChI is InChI=1S/C10H11F3O/c1-7(2)8-4-3-5-9(6-8)14-10(11,12)13/h3-7H,1-2H3/i4D,5D,6D. The Balaban J connectivity index is 3.36. The van der Waals surface area contributed by atoms with Crippen LogP contribution < -0.4 is 4.74 Å². The van der Waals surface area contributed by atoms with Gasteiger partial charge in [-0.2, -0.15) is 0 Å². The zero-order chi connectivity index (χ0) is 13.4. The number of hydrogen-bond acceptors (Lipinski definition) is 1. The van der Waals surface area contributed by atoms with Gasteiger partial charge in [-0.1, -0.05) is 26.0 Å². The van der Waals surface area contributed by atoms with Crippen LogP contribution >= 0.6 is 0 Å². The summed E-state index contributed by atoms with van der Waals surface area (Å²) in [4.78, 5) is 0. The molecule has 1 aromatic rings. The van der Waals surface area contributed by atoms with E-state index in [4.69, 9.17) is 4.11 Å². The van der Waals surface area contributed by atoms with Crippen LogP contribution in [0.1, 0.15) is 29.4 Å². The zero-order valence-corrected chi connectivity index (χ0v) is 7.70. The van der Waals surface area contributed by atoms with Crippen molar-refractivity contribution >= 4 is 0 Å². The molecule has 4 heteroatoms. The van der Waals surface area contributed by atoms with Gasteiger partial charge in [0, 0.05) is 0 Å². The molecule has 0 aliphatic carbocycles. The molecule has 0 fully saturated rings. The Bertz CT molecular complexity index is 430. The molecule has 0 heterocycles. The van der Waals surface area contributed by atoms with Gasteiger partial charge in [-0.25, -0.2) is 0 Å². The lowest BCUT2D eigenvalue weighted by atomic mass is 10.0. The summed E-state index contributed by atoms with van der Waals surface area (Å²) in [6.07, 6.45) is -4.94. The van der Waals surface area contributed by atoms with E-state index >= 15 is 0 Å². The van der Waals surface area contributed by atoms with Crippen LogP contribution in [0, 0.1) is 0 Å². The zero-order valence-electron chi connectivity index (χ0n) is 10.7. The number of benzene rings is 1. The van der Waals surface area contributed by atoms with Gasteiger partial charge in [-0.05, 0) is 23.6 Å². The van der Waals surface area contributed by atoms with Crippen molar-refractivity contribution < 1.29 is 22.0 Å². The van der Waals surface area contributed by atoms with Crippen LogP contribution in [0.5, 0.6) is 5.75 Å². The first kappa shape index (κ1) is 7.15. The molecule has 0 unspecified atom stereocenters. The summed E-state index contributed by atoms with van der Waals surface area (Å²) in [6.45, 7) is 3.32. The Hall–Kier alpha value is -1.19. The molecule has 78 valence electrons. The fraction of sp³-hybridized carbons (Fsp3) is 0.400. The number of halogens is 3. The SMILES string of the molecule is [2H]c1cc([2H])c(C(C)C)c([2H])c1OC(F)(F)F. The van der Waals surface area contributed by atoms with Crippen LogP contribution in [0.15, 0.2) is 24.2 Å². The molecule has 0 saturated heterocycles. The molecule has 0 saturated carbocycles. The Morgan fingerprint density at radius 1 is 1.36 bits per heavy atom. The summed E-state index contributed by atoms with van der Waals surface area (Å²) in [6, 6.07) is -0.324. The summed E-state index contributed by atoms with van der Waals surface area (Å²) in [5, 5.41) is 0. The first-order chi connectivity index (χ1) is 7.63. The minimum Gasteiger partial charge on any atom is -0.406 e. The van der Waals surface area contributed by atoms with Crippen molar-refractivity contribution in [1.29, 1.82) is 0 Å². The second kappa shape index (κ2) is 3.90. The van der Waals surface area contributed by atoms with E-state index in [9.17, 15) is 13.2 Å². The normalized spacial score (nSPS) is 14.9. The van der Waals surface area contributed by atoms with Gasteiger partial charge >= 0.3 is 6.36 Å². The predicted molar refractivity (Wildman–Crippen MR) is 47.2 cm³/mol. The van der Waals surface area contributed by atoms with Gasteiger partial charge in [-0.15, -0.1) is 13.2 Å². The van der Waals surface area contributed by atoms with E-state index in [1.54, 1.807) is 13.8 Å². The summed E-state index contributed by atoms with van der Waals surface area (Å²) in [5.74, 6) is -1.14. The predicted octanol–water partition coefficient (Wildman–Crippen LogP) is 3.71. The minimum atomic E-state index is -4.94. The average molecular weight is 207 g/mol. The third kappa shape index (κ3) is 3.28. The van der Waals surface area contributed by atoms with Crippen molar-refractivity contribution in [2.24, 2.45) is 0 Å². The molecular formula is C10H11F3O. The first-order valence-electron chi connectivity index (χ1n) is 5.50. The summed E-state index contributed by atoms with van der Waals surface area (Å²) in [7, 11) is 0.